The van der Waals surface area contributed by atoms with Crippen molar-refractivity contribution in [1.82, 2.24) is 5.32 Å². The summed E-state index contributed by atoms with van der Waals surface area (Å²) in [5.41, 5.74) is 2.54. The van der Waals surface area contributed by atoms with E-state index in [9.17, 15) is 14.4 Å². The second kappa shape index (κ2) is 15.1. The number of ether oxygens (including phenoxy) is 4. The van der Waals surface area contributed by atoms with Crippen LogP contribution in [0.5, 0.6) is 5.75 Å². The van der Waals surface area contributed by atoms with E-state index in [-0.39, 0.29) is 42.0 Å². The van der Waals surface area contributed by atoms with Gasteiger partial charge in [0.2, 0.25) is 5.91 Å². The van der Waals surface area contributed by atoms with Gasteiger partial charge in [-0.05, 0) is 93.9 Å². The summed E-state index contributed by atoms with van der Waals surface area (Å²) in [6, 6.07) is 3.63. The topological polar surface area (TPSA) is 112 Å². The summed E-state index contributed by atoms with van der Waals surface area (Å²) in [4.78, 5) is 38.9. The summed E-state index contributed by atoms with van der Waals surface area (Å²) < 4.78 is 22.5. The molecule has 9 nitrogen and oxygen atoms in total. The van der Waals surface area contributed by atoms with Crippen molar-refractivity contribution < 1.29 is 33.3 Å². The Labute approximate surface area is 251 Å². The Morgan fingerprint density at radius 2 is 1.76 bits per heavy atom. The molecule has 0 saturated carbocycles. The van der Waals surface area contributed by atoms with Crippen LogP contribution in [0.1, 0.15) is 91.7 Å². The van der Waals surface area contributed by atoms with E-state index in [0.29, 0.717) is 37.5 Å². The van der Waals surface area contributed by atoms with Crippen molar-refractivity contribution in [3.63, 3.8) is 0 Å². The maximum Gasteiger partial charge on any atom is 0.408 e. The maximum atomic E-state index is 13.5. The normalized spacial score (nSPS) is 19.8. The van der Waals surface area contributed by atoms with E-state index in [1.807, 2.05) is 40.7 Å². The van der Waals surface area contributed by atoms with E-state index in [0.717, 1.165) is 25.7 Å². The zero-order valence-electron chi connectivity index (χ0n) is 26.8. The van der Waals surface area contributed by atoms with Gasteiger partial charge in [0, 0.05) is 26.6 Å². The fourth-order valence-corrected chi connectivity index (χ4v) is 5.75. The molecule has 9 heteroatoms. The fraction of sp³-hybridized carbons (Fsp3) is 0.727. The molecule has 1 saturated heterocycles. The van der Waals surface area contributed by atoms with E-state index in [4.69, 9.17) is 18.9 Å². The molecule has 2 aliphatic rings. The lowest BCUT2D eigenvalue weighted by Crippen LogP contribution is -2.47. The molecule has 0 radical (unpaired) electrons. The monoisotopic (exact) mass is 588 g/mol. The predicted octanol–water partition coefficient (Wildman–Crippen LogP) is 6.06. The first-order valence-corrected chi connectivity index (χ1v) is 15.5. The molecule has 1 aliphatic carbocycles. The standard InChI is InChI=1S/C33H52N2O7/c1-20(2)24(16-27(35-32(38)42-33(5,6)7)29-19-25(21(3)4)31(37)41-29)18-30(36)34-26-15-22-11-9-12-23(22)17-28(26)40-14-10-13-39-8/h15,17,20-21,24-25,27,29H,9-14,16,18-19H2,1-8H3,(H,34,36)(H,35,38)/t24-,25+,27+,29+/m1/s1. The average molecular weight is 589 g/mol. The number of amides is 2. The van der Waals surface area contributed by atoms with E-state index >= 15 is 0 Å². The van der Waals surface area contributed by atoms with Crippen LogP contribution in [0.15, 0.2) is 12.1 Å². The number of carbonyl (C=O) groups excluding carboxylic acids is 3. The highest BCUT2D eigenvalue weighted by atomic mass is 16.6. The van der Waals surface area contributed by atoms with Crippen molar-refractivity contribution in [2.24, 2.45) is 23.7 Å². The van der Waals surface area contributed by atoms with E-state index < -0.39 is 23.8 Å². The molecule has 236 valence electrons. The highest BCUT2D eigenvalue weighted by Gasteiger charge is 2.42. The number of methoxy groups -OCH3 is 1. The number of benzene rings is 1. The molecule has 1 fully saturated rings. The van der Waals surface area contributed by atoms with Crippen LogP contribution in [-0.4, -0.2) is 56.0 Å². The van der Waals surface area contributed by atoms with Crippen LogP contribution >= 0.6 is 0 Å². The second-order valence-electron chi connectivity index (χ2n) is 13.5. The Hall–Kier alpha value is -2.81. The van der Waals surface area contributed by atoms with Gasteiger partial charge in [-0.15, -0.1) is 0 Å². The molecule has 4 atom stereocenters. The molecular formula is C33H52N2O7. The molecular weight excluding hydrogens is 536 g/mol. The van der Waals surface area contributed by atoms with Crippen LogP contribution in [0.4, 0.5) is 10.5 Å². The van der Waals surface area contributed by atoms with Crippen molar-refractivity contribution in [2.45, 2.75) is 111 Å². The summed E-state index contributed by atoms with van der Waals surface area (Å²) in [7, 11) is 1.67. The summed E-state index contributed by atoms with van der Waals surface area (Å²) in [5, 5.41) is 6.09. The van der Waals surface area contributed by atoms with E-state index in [1.165, 1.54) is 11.1 Å². The second-order valence-corrected chi connectivity index (χ2v) is 13.5. The third-order valence-corrected chi connectivity index (χ3v) is 8.18. The number of esters is 1. The highest BCUT2D eigenvalue weighted by Crippen LogP contribution is 2.35. The Morgan fingerprint density at radius 3 is 2.36 bits per heavy atom. The minimum Gasteiger partial charge on any atom is -0.491 e. The number of rotatable bonds is 14. The number of nitrogens with one attached hydrogen (secondary N) is 2. The molecule has 2 amide bonds. The van der Waals surface area contributed by atoms with Gasteiger partial charge in [0.1, 0.15) is 17.5 Å². The van der Waals surface area contributed by atoms with Crippen LogP contribution in [0.2, 0.25) is 0 Å². The van der Waals surface area contributed by atoms with E-state index in [1.54, 1.807) is 7.11 Å². The number of alkyl carbamates (subject to hydrolysis) is 1. The SMILES string of the molecule is COCCCOc1cc2c(cc1NC(=O)C[C@@H](C[C@H](NC(=O)OC(C)(C)C)[C@@H]1C[C@@H](C(C)C)C(=O)O1)C(C)C)CCC2. The number of cyclic esters (lactones) is 1. The van der Waals surface area contributed by atoms with Gasteiger partial charge >= 0.3 is 12.1 Å². The van der Waals surface area contributed by atoms with Crippen LogP contribution in [0, 0.1) is 23.7 Å². The molecule has 0 aromatic heterocycles. The van der Waals surface area contributed by atoms with Crippen LogP contribution in [0.25, 0.3) is 0 Å². The lowest BCUT2D eigenvalue weighted by molar-refractivity contribution is -0.146. The number of anilines is 1. The van der Waals surface area contributed by atoms with Crippen LogP contribution in [-0.2, 0) is 36.6 Å². The van der Waals surface area contributed by atoms with Crippen molar-refractivity contribution in [3.8, 4) is 5.75 Å². The Balaban J connectivity index is 1.75. The number of aryl methyl sites for hydroxylation is 2. The molecule has 1 aromatic rings. The molecule has 1 aliphatic heterocycles. The molecule has 3 rings (SSSR count). The number of carbonyl (C=O) groups is 3. The maximum absolute atomic E-state index is 13.5. The van der Waals surface area contributed by atoms with Gasteiger partial charge in [0.05, 0.1) is 24.3 Å². The lowest BCUT2D eigenvalue weighted by Gasteiger charge is -2.31. The molecule has 42 heavy (non-hydrogen) atoms. The fourth-order valence-electron chi connectivity index (χ4n) is 5.75. The van der Waals surface area contributed by atoms with Gasteiger partial charge in [-0.2, -0.15) is 0 Å². The third-order valence-electron chi connectivity index (χ3n) is 8.18. The van der Waals surface area contributed by atoms with Crippen molar-refractivity contribution in [3.05, 3.63) is 23.3 Å². The Bertz CT molecular complexity index is 1080. The molecule has 0 bridgehead atoms. The predicted molar refractivity (Wildman–Crippen MR) is 163 cm³/mol. The number of hydrogen-bond acceptors (Lipinski definition) is 7. The van der Waals surface area contributed by atoms with Gasteiger partial charge in [-0.1, -0.05) is 27.7 Å². The van der Waals surface area contributed by atoms with Gasteiger partial charge in [0.25, 0.3) is 0 Å². The Morgan fingerprint density at radius 1 is 1.07 bits per heavy atom. The number of hydrogen-bond donors (Lipinski definition) is 2. The van der Waals surface area contributed by atoms with Crippen molar-refractivity contribution in [2.75, 3.05) is 25.6 Å². The van der Waals surface area contributed by atoms with Gasteiger partial charge in [-0.3, -0.25) is 9.59 Å². The first kappa shape index (κ1) is 33.7. The van der Waals surface area contributed by atoms with Crippen LogP contribution in [0.3, 0.4) is 0 Å². The first-order chi connectivity index (χ1) is 19.8. The molecule has 0 spiro atoms. The third kappa shape index (κ3) is 9.89. The lowest BCUT2D eigenvalue weighted by atomic mass is 9.83. The minimum atomic E-state index is -0.669. The zero-order valence-corrected chi connectivity index (χ0v) is 26.8. The van der Waals surface area contributed by atoms with Gasteiger partial charge in [0.15, 0.2) is 0 Å². The molecule has 0 unspecified atom stereocenters. The smallest absolute Gasteiger partial charge is 0.408 e. The Kier molecular flexibility index (Phi) is 12.1. The van der Waals surface area contributed by atoms with Crippen LogP contribution < -0.4 is 15.4 Å². The average Bonchev–Trinajstić information content (AvgIpc) is 3.50. The highest BCUT2D eigenvalue weighted by molar-refractivity contribution is 5.92. The van der Waals surface area contributed by atoms with Crippen molar-refractivity contribution >= 4 is 23.7 Å². The quantitative estimate of drug-likeness (QED) is 0.201. The van der Waals surface area contributed by atoms with E-state index in [2.05, 4.69) is 30.5 Å². The summed E-state index contributed by atoms with van der Waals surface area (Å²) in [6.07, 6.45) is 4.06. The largest absolute Gasteiger partial charge is 0.491 e. The molecule has 1 aromatic carbocycles. The first-order valence-electron chi connectivity index (χ1n) is 15.5. The van der Waals surface area contributed by atoms with Gasteiger partial charge < -0.3 is 29.6 Å². The minimum absolute atomic E-state index is 0.0813. The van der Waals surface area contributed by atoms with Crippen molar-refractivity contribution in [1.29, 1.82) is 0 Å². The molecule has 1 heterocycles. The van der Waals surface area contributed by atoms with Gasteiger partial charge in [-0.25, -0.2) is 4.79 Å². The summed E-state index contributed by atoms with van der Waals surface area (Å²) in [6.45, 7) is 14.7. The summed E-state index contributed by atoms with van der Waals surface area (Å²) >= 11 is 0. The number of fused-ring (bicyclic) bond motifs is 1. The summed E-state index contributed by atoms with van der Waals surface area (Å²) in [5.74, 6) is 0.301. The molecule has 2 N–H and O–H groups in total. The zero-order chi connectivity index (χ0) is 31.0.